The second kappa shape index (κ2) is 7.29. The van der Waals surface area contributed by atoms with Crippen molar-refractivity contribution in [3.63, 3.8) is 0 Å². The highest BCUT2D eigenvalue weighted by molar-refractivity contribution is 7.80. The van der Waals surface area contributed by atoms with Gasteiger partial charge in [0.2, 0.25) is 0 Å². The summed E-state index contributed by atoms with van der Waals surface area (Å²) in [4.78, 5) is 14.8. The van der Waals surface area contributed by atoms with Crippen LogP contribution >= 0.6 is 35.2 Å². The summed E-state index contributed by atoms with van der Waals surface area (Å²) < 4.78 is 0. The fourth-order valence-corrected chi connectivity index (χ4v) is 3.66. The molecule has 1 amide bonds. The number of hydrogen-bond donors (Lipinski definition) is 2. The fraction of sp³-hybridized carbons (Fsp3) is 0.250. The Morgan fingerprint density at radius 3 is 2.70 bits per heavy atom. The van der Waals surface area contributed by atoms with Gasteiger partial charge in [0, 0.05) is 18.8 Å². The SMILES string of the molecule is O=C(NC(=S)Nc1ccc(N2CCCC2)c(Cl)c1)c1cccs1. The molecule has 0 unspecified atom stereocenters. The van der Waals surface area contributed by atoms with Gasteiger partial charge in [0.15, 0.2) is 5.11 Å². The number of carbonyl (C=O) groups is 1. The Kier molecular flexibility index (Phi) is 5.15. The lowest BCUT2D eigenvalue weighted by molar-refractivity contribution is 0.0981. The minimum atomic E-state index is -0.211. The summed E-state index contributed by atoms with van der Waals surface area (Å²) in [5.74, 6) is -0.211. The highest BCUT2D eigenvalue weighted by atomic mass is 35.5. The zero-order valence-corrected chi connectivity index (χ0v) is 14.7. The first kappa shape index (κ1) is 16.2. The van der Waals surface area contributed by atoms with Crippen LogP contribution in [-0.4, -0.2) is 24.1 Å². The van der Waals surface area contributed by atoms with E-state index in [9.17, 15) is 4.79 Å². The summed E-state index contributed by atoms with van der Waals surface area (Å²) >= 11 is 12.9. The average molecular weight is 366 g/mol. The number of thiophene rings is 1. The molecule has 1 aromatic carbocycles. The predicted molar refractivity (Wildman–Crippen MR) is 101 cm³/mol. The number of thiocarbonyl (C=S) groups is 1. The van der Waals surface area contributed by atoms with Crippen molar-refractivity contribution in [2.24, 2.45) is 0 Å². The molecule has 4 nitrogen and oxygen atoms in total. The molecule has 1 saturated heterocycles. The molecule has 2 heterocycles. The Hall–Kier alpha value is -1.63. The van der Waals surface area contributed by atoms with E-state index in [1.807, 2.05) is 29.6 Å². The molecule has 0 atom stereocenters. The summed E-state index contributed by atoms with van der Waals surface area (Å²) in [7, 11) is 0. The number of amides is 1. The van der Waals surface area contributed by atoms with E-state index < -0.39 is 0 Å². The van der Waals surface area contributed by atoms with Gasteiger partial charge in [0.1, 0.15) is 0 Å². The molecule has 7 heteroatoms. The molecule has 0 spiro atoms. The molecule has 2 N–H and O–H groups in total. The van der Waals surface area contributed by atoms with Crippen LogP contribution in [0.2, 0.25) is 5.02 Å². The number of rotatable bonds is 3. The molecule has 1 aromatic heterocycles. The van der Waals surface area contributed by atoms with E-state index in [0.717, 1.165) is 24.5 Å². The van der Waals surface area contributed by atoms with Gasteiger partial charge in [-0.05, 0) is 54.7 Å². The maximum atomic E-state index is 11.9. The van der Waals surface area contributed by atoms with E-state index in [1.54, 1.807) is 6.07 Å². The van der Waals surface area contributed by atoms with Crippen LogP contribution in [0.3, 0.4) is 0 Å². The van der Waals surface area contributed by atoms with Gasteiger partial charge in [0.25, 0.3) is 5.91 Å². The first-order valence-electron chi connectivity index (χ1n) is 7.34. The summed E-state index contributed by atoms with van der Waals surface area (Å²) in [5, 5.41) is 8.44. The molecule has 3 rings (SSSR count). The Morgan fingerprint density at radius 2 is 2.04 bits per heavy atom. The number of hydrogen-bond acceptors (Lipinski definition) is 4. The highest BCUT2D eigenvalue weighted by Gasteiger charge is 2.15. The van der Waals surface area contributed by atoms with E-state index >= 15 is 0 Å². The number of carbonyl (C=O) groups excluding carboxylic acids is 1. The van der Waals surface area contributed by atoms with Crippen LogP contribution in [0.5, 0.6) is 0 Å². The maximum absolute atomic E-state index is 11.9. The van der Waals surface area contributed by atoms with Gasteiger partial charge in [-0.1, -0.05) is 17.7 Å². The number of anilines is 2. The lowest BCUT2D eigenvalue weighted by Crippen LogP contribution is -2.33. The third-order valence-corrected chi connectivity index (χ3v) is 5.00. The molecule has 0 saturated carbocycles. The number of benzene rings is 1. The quantitative estimate of drug-likeness (QED) is 0.803. The van der Waals surface area contributed by atoms with Crippen molar-refractivity contribution < 1.29 is 4.79 Å². The molecule has 1 aliphatic heterocycles. The summed E-state index contributed by atoms with van der Waals surface area (Å²) in [6, 6.07) is 9.32. The van der Waals surface area contributed by atoms with Gasteiger partial charge in [-0.15, -0.1) is 11.3 Å². The number of nitrogens with one attached hydrogen (secondary N) is 2. The van der Waals surface area contributed by atoms with Crippen LogP contribution in [0.15, 0.2) is 35.7 Å². The van der Waals surface area contributed by atoms with Crippen molar-refractivity contribution in [2.75, 3.05) is 23.3 Å². The van der Waals surface area contributed by atoms with E-state index in [0.29, 0.717) is 9.90 Å². The Labute approximate surface area is 149 Å². The molecule has 0 radical (unpaired) electrons. The van der Waals surface area contributed by atoms with Crippen molar-refractivity contribution in [3.05, 3.63) is 45.6 Å². The lowest BCUT2D eigenvalue weighted by atomic mass is 10.2. The zero-order valence-electron chi connectivity index (χ0n) is 12.3. The minimum Gasteiger partial charge on any atom is -0.370 e. The fourth-order valence-electron chi connectivity index (χ4n) is 2.53. The van der Waals surface area contributed by atoms with E-state index in [2.05, 4.69) is 15.5 Å². The second-order valence-electron chi connectivity index (χ2n) is 5.25. The Morgan fingerprint density at radius 1 is 1.26 bits per heavy atom. The van der Waals surface area contributed by atoms with Crippen LogP contribution in [0.1, 0.15) is 22.5 Å². The molecular formula is C16H16ClN3OS2. The smallest absolute Gasteiger partial charge is 0.267 e. The van der Waals surface area contributed by atoms with E-state index in [4.69, 9.17) is 23.8 Å². The van der Waals surface area contributed by atoms with Gasteiger partial charge in [-0.3, -0.25) is 10.1 Å². The lowest BCUT2D eigenvalue weighted by Gasteiger charge is -2.20. The van der Waals surface area contributed by atoms with Crippen LogP contribution < -0.4 is 15.5 Å². The van der Waals surface area contributed by atoms with Crippen LogP contribution in [0.25, 0.3) is 0 Å². The second-order valence-corrected chi connectivity index (χ2v) is 7.01. The van der Waals surface area contributed by atoms with Crippen molar-refractivity contribution in [1.29, 1.82) is 0 Å². The van der Waals surface area contributed by atoms with Gasteiger partial charge in [-0.2, -0.15) is 0 Å². The molecular weight excluding hydrogens is 350 g/mol. The van der Waals surface area contributed by atoms with E-state index in [1.165, 1.54) is 24.2 Å². The van der Waals surface area contributed by atoms with Crippen molar-refractivity contribution in [2.45, 2.75) is 12.8 Å². The summed E-state index contributed by atoms with van der Waals surface area (Å²) in [6.45, 7) is 2.09. The third-order valence-electron chi connectivity index (χ3n) is 3.62. The molecule has 120 valence electrons. The molecule has 1 fully saturated rings. The van der Waals surface area contributed by atoms with Gasteiger partial charge >= 0.3 is 0 Å². The monoisotopic (exact) mass is 365 g/mol. The topological polar surface area (TPSA) is 44.4 Å². The summed E-state index contributed by atoms with van der Waals surface area (Å²) in [6.07, 6.45) is 2.41. The van der Waals surface area contributed by atoms with Gasteiger partial charge in [0.05, 0.1) is 15.6 Å². The maximum Gasteiger partial charge on any atom is 0.267 e. The first-order valence-corrected chi connectivity index (χ1v) is 9.00. The standard InChI is InChI=1S/C16H16ClN3OS2/c17-12-10-11(5-6-13(12)20-7-1-2-8-20)18-16(22)19-15(21)14-4-3-9-23-14/h3-6,9-10H,1-2,7-8H2,(H2,18,19,21,22). The molecule has 23 heavy (non-hydrogen) atoms. The number of nitrogens with zero attached hydrogens (tertiary/aromatic N) is 1. The van der Waals surface area contributed by atoms with Crippen molar-refractivity contribution in [3.8, 4) is 0 Å². The highest BCUT2D eigenvalue weighted by Crippen LogP contribution is 2.31. The number of halogens is 1. The van der Waals surface area contributed by atoms with Gasteiger partial charge < -0.3 is 10.2 Å². The molecule has 1 aliphatic rings. The molecule has 0 bridgehead atoms. The largest absolute Gasteiger partial charge is 0.370 e. The first-order chi connectivity index (χ1) is 11.1. The third kappa shape index (κ3) is 4.02. The van der Waals surface area contributed by atoms with Crippen molar-refractivity contribution >= 4 is 57.5 Å². The summed E-state index contributed by atoms with van der Waals surface area (Å²) in [5.41, 5.74) is 1.80. The molecule has 2 aromatic rings. The zero-order chi connectivity index (χ0) is 16.2. The minimum absolute atomic E-state index is 0.211. The predicted octanol–water partition coefficient (Wildman–Crippen LogP) is 4.13. The van der Waals surface area contributed by atoms with Crippen LogP contribution in [0.4, 0.5) is 11.4 Å². The van der Waals surface area contributed by atoms with Crippen LogP contribution in [0, 0.1) is 0 Å². The van der Waals surface area contributed by atoms with Crippen molar-refractivity contribution in [1.82, 2.24) is 5.32 Å². The normalized spacial score (nSPS) is 13.9. The Balaban J connectivity index is 1.62. The molecule has 0 aliphatic carbocycles. The Bertz CT molecular complexity index is 712. The van der Waals surface area contributed by atoms with E-state index in [-0.39, 0.29) is 11.0 Å². The average Bonchev–Trinajstić information content (AvgIpc) is 3.21. The van der Waals surface area contributed by atoms with Crippen LogP contribution in [-0.2, 0) is 0 Å². The van der Waals surface area contributed by atoms with Gasteiger partial charge in [-0.25, -0.2) is 0 Å².